The number of hydrogen-bond donors (Lipinski definition) is 4. The molecule has 1 saturated heterocycles. The van der Waals surface area contributed by atoms with E-state index in [0.717, 1.165) is 0 Å². The number of nitrogens with two attached hydrogens (primary N) is 1. The first-order chi connectivity index (χ1) is 9.63. The van der Waals surface area contributed by atoms with Crippen molar-refractivity contribution >= 4 is 11.3 Å². The zero-order valence-corrected chi connectivity index (χ0v) is 10.6. The summed E-state index contributed by atoms with van der Waals surface area (Å²) >= 11 is 0. The SMILES string of the molecule is Nc1ncnn2c([C@@H]3O[C@H](CCO)[C@@H](O)[C@H]3O)ccc12. The molecule has 108 valence electrons. The lowest BCUT2D eigenvalue weighted by molar-refractivity contribution is -0.00702. The summed E-state index contributed by atoms with van der Waals surface area (Å²) in [5.74, 6) is 0.325. The van der Waals surface area contributed by atoms with Crippen molar-refractivity contribution in [2.45, 2.75) is 30.8 Å². The highest BCUT2D eigenvalue weighted by Crippen LogP contribution is 2.35. The van der Waals surface area contributed by atoms with Gasteiger partial charge in [0.2, 0.25) is 0 Å². The van der Waals surface area contributed by atoms with E-state index in [9.17, 15) is 10.2 Å². The van der Waals surface area contributed by atoms with Crippen molar-refractivity contribution in [1.82, 2.24) is 14.6 Å². The van der Waals surface area contributed by atoms with Crippen LogP contribution in [0.3, 0.4) is 0 Å². The molecule has 1 aliphatic rings. The summed E-state index contributed by atoms with van der Waals surface area (Å²) < 4.78 is 7.17. The molecule has 0 saturated carbocycles. The van der Waals surface area contributed by atoms with Crippen LogP contribution in [0.5, 0.6) is 0 Å². The molecule has 4 atom stereocenters. The first-order valence-electron chi connectivity index (χ1n) is 6.34. The molecule has 1 aliphatic heterocycles. The normalized spacial score (nSPS) is 30.1. The average Bonchev–Trinajstić information content (AvgIpc) is 2.97. The van der Waals surface area contributed by atoms with Crippen LogP contribution in [-0.4, -0.2) is 54.8 Å². The van der Waals surface area contributed by atoms with Gasteiger partial charge in [-0.25, -0.2) is 9.50 Å². The Hall–Kier alpha value is -1.74. The number of nitrogens with zero attached hydrogens (tertiary/aromatic N) is 3. The van der Waals surface area contributed by atoms with Crippen LogP contribution in [0.2, 0.25) is 0 Å². The Labute approximate surface area is 114 Å². The molecule has 0 amide bonds. The van der Waals surface area contributed by atoms with Gasteiger partial charge in [-0.3, -0.25) is 0 Å². The van der Waals surface area contributed by atoms with Gasteiger partial charge in [0.1, 0.15) is 30.2 Å². The van der Waals surface area contributed by atoms with Crippen LogP contribution in [-0.2, 0) is 4.74 Å². The van der Waals surface area contributed by atoms with Crippen LogP contribution in [0.1, 0.15) is 18.2 Å². The third-order valence-corrected chi connectivity index (χ3v) is 3.58. The zero-order chi connectivity index (χ0) is 14.3. The van der Waals surface area contributed by atoms with Gasteiger partial charge >= 0.3 is 0 Å². The van der Waals surface area contributed by atoms with Crippen molar-refractivity contribution in [3.8, 4) is 0 Å². The first-order valence-corrected chi connectivity index (χ1v) is 6.34. The quantitative estimate of drug-likeness (QED) is 0.559. The fourth-order valence-corrected chi connectivity index (χ4v) is 2.55. The van der Waals surface area contributed by atoms with Crippen LogP contribution >= 0.6 is 0 Å². The Morgan fingerprint density at radius 2 is 2.10 bits per heavy atom. The fourth-order valence-electron chi connectivity index (χ4n) is 2.55. The molecular formula is C12H16N4O4. The maximum absolute atomic E-state index is 10.1. The van der Waals surface area contributed by atoms with Crippen LogP contribution in [0.4, 0.5) is 5.82 Å². The van der Waals surface area contributed by atoms with Crippen molar-refractivity contribution < 1.29 is 20.1 Å². The molecule has 1 fully saturated rings. The van der Waals surface area contributed by atoms with Crippen LogP contribution < -0.4 is 5.73 Å². The van der Waals surface area contributed by atoms with Gasteiger partial charge in [0.25, 0.3) is 0 Å². The molecular weight excluding hydrogens is 264 g/mol. The summed E-state index contributed by atoms with van der Waals surface area (Å²) in [5.41, 5.74) is 6.94. The number of fused-ring (bicyclic) bond motifs is 1. The minimum absolute atomic E-state index is 0.120. The van der Waals surface area contributed by atoms with E-state index in [4.69, 9.17) is 15.6 Å². The summed E-state index contributed by atoms with van der Waals surface area (Å²) in [4.78, 5) is 3.89. The molecule has 2 aromatic rings. The molecule has 0 bridgehead atoms. The van der Waals surface area contributed by atoms with Crippen LogP contribution in [0, 0.1) is 0 Å². The van der Waals surface area contributed by atoms with Gasteiger partial charge in [0, 0.05) is 6.61 Å². The van der Waals surface area contributed by atoms with E-state index in [-0.39, 0.29) is 13.0 Å². The van der Waals surface area contributed by atoms with E-state index in [1.165, 1.54) is 10.8 Å². The van der Waals surface area contributed by atoms with E-state index in [1.807, 2.05) is 0 Å². The van der Waals surface area contributed by atoms with Crippen molar-refractivity contribution in [3.05, 3.63) is 24.2 Å². The minimum Gasteiger partial charge on any atom is -0.396 e. The summed E-state index contributed by atoms with van der Waals surface area (Å²) in [6.45, 7) is -0.120. The highest BCUT2D eigenvalue weighted by molar-refractivity contribution is 5.65. The number of ether oxygens (including phenoxy) is 1. The Balaban J connectivity index is 1.97. The van der Waals surface area contributed by atoms with Crippen LogP contribution in [0.15, 0.2) is 18.5 Å². The monoisotopic (exact) mass is 280 g/mol. The van der Waals surface area contributed by atoms with E-state index >= 15 is 0 Å². The second-order valence-corrected chi connectivity index (χ2v) is 4.79. The van der Waals surface area contributed by atoms with Gasteiger partial charge in [0.15, 0.2) is 5.82 Å². The van der Waals surface area contributed by atoms with Gasteiger partial charge in [-0.2, -0.15) is 5.10 Å². The molecule has 20 heavy (non-hydrogen) atoms. The number of aliphatic hydroxyl groups excluding tert-OH is 3. The van der Waals surface area contributed by atoms with Gasteiger partial charge in [-0.15, -0.1) is 0 Å². The number of aromatic nitrogens is 3. The molecule has 8 nitrogen and oxygen atoms in total. The highest BCUT2D eigenvalue weighted by Gasteiger charge is 2.44. The van der Waals surface area contributed by atoms with Gasteiger partial charge in [-0.1, -0.05) is 0 Å². The molecule has 0 unspecified atom stereocenters. The van der Waals surface area contributed by atoms with Crippen LogP contribution in [0.25, 0.3) is 5.52 Å². The second-order valence-electron chi connectivity index (χ2n) is 4.79. The number of aliphatic hydroxyl groups is 3. The molecule has 3 heterocycles. The number of rotatable bonds is 3. The molecule has 0 aliphatic carbocycles. The molecule has 8 heteroatoms. The third kappa shape index (κ3) is 1.93. The second kappa shape index (κ2) is 4.98. The molecule has 5 N–H and O–H groups in total. The van der Waals surface area contributed by atoms with Gasteiger partial charge < -0.3 is 25.8 Å². The van der Waals surface area contributed by atoms with Crippen molar-refractivity contribution in [2.24, 2.45) is 0 Å². The predicted molar refractivity (Wildman–Crippen MR) is 68.7 cm³/mol. The lowest BCUT2D eigenvalue weighted by Crippen LogP contribution is -2.31. The Morgan fingerprint density at radius 3 is 2.85 bits per heavy atom. The van der Waals surface area contributed by atoms with E-state index in [1.54, 1.807) is 12.1 Å². The van der Waals surface area contributed by atoms with E-state index < -0.39 is 24.4 Å². The van der Waals surface area contributed by atoms with E-state index in [0.29, 0.717) is 17.0 Å². The van der Waals surface area contributed by atoms with Gasteiger partial charge in [-0.05, 0) is 18.6 Å². The topological polar surface area (TPSA) is 126 Å². The number of anilines is 1. The lowest BCUT2D eigenvalue weighted by atomic mass is 10.0. The van der Waals surface area contributed by atoms with Crippen molar-refractivity contribution in [1.29, 1.82) is 0 Å². The molecule has 2 aromatic heterocycles. The summed E-state index contributed by atoms with van der Waals surface area (Å²) in [5, 5.41) is 33.1. The Kier molecular flexibility index (Phi) is 3.30. The maximum Gasteiger partial charge on any atom is 0.151 e. The summed E-state index contributed by atoms with van der Waals surface area (Å²) in [6, 6.07) is 3.45. The molecule has 0 spiro atoms. The fraction of sp³-hybridized carbons (Fsp3) is 0.500. The summed E-state index contributed by atoms with van der Waals surface area (Å²) in [6.07, 6.45) is -1.88. The lowest BCUT2D eigenvalue weighted by Gasteiger charge is -2.14. The number of nitrogen functional groups attached to an aromatic ring is 1. The van der Waals surface area contributed by atoms with E-state index in [2.05, 4.69) is 10.1 Å². The van der Waals surface area contributed by atoms with Crippen molar-refractivity contribution in [3.63, 3.8) is 0 Å². The zero-order valence-electron chi connectivity index (χ0n) is 10.6. The Morgan fingerprint density at radius 1 is 1.30 bits per heavy atom. The van der Waals surface area contributed by atoms with Crippen molar-refractivity contribution in [2.75, 3.05) is 12.3 Å². The molecule has 3 rings (SSSR count). The number of hydrogen-bond acceptors (Lipinski definition) is 7. The standard InChI is InChI=1S/C12H16N4O4/c13-12-7-2-1-6(16(7)15-5-14-12)11-10(19)9(18)8(20-11)3-4-17/h1-2,5,8-11,17-19H,3-4H2,(H2,13,14,15)/t8-,9-,10-,11+/m1/s1. The average molecular weight is 280 g/mol. The minimum atomic E-state index is -1.08. The Bertz CT molecular complexity index is 617. The first kappa shape index (κ1) is 13.3. The third-order valence-electron chi connectivity index (χ3n) is 3.58. The molecule has 0 aromatic carbocycles. The highest BCUT2D eigenvalue weighted by atomic mass is 16.5. The summed E-state index contributed by atoms with van der Waals surface area (Å²) in [7, 11) is 0. The largest absolute Gasteiger partial charge is 0.396 e. The predicted octanol–water partition coefficient (Wildman–Crippen LogP) is -1.14. The maximum atomic E-state index is 10.1. The molecule has 0 radical (unpaired) electrons. The van der Waals surface area contributed by atoms with Gasteiger partial charge in [0.05, 0.1) is 11.8 Å². The smallest absolute Gasteiger partial charge is 0.151 e.